The zero-order valence-electron chi connectivity index (χ0n) is 9.78. The standard InChI is InChI=1S/C10H12BF3O3S/c1-6-3-7(2)9(4-8(6)11(15)16)18(17)5-10(12,13)14/h3-4,15-16H,5H2,1-2H3/t18-/m1/s1. The lowest BCUT2D eigenvalue weighted by atomic mass is 9.77. The van der Waals surface area contributed by atoms with Crippen LogP contribution in [-0.4, -0.2) is 33.3 Å². The van der Waals surface area contributed by atoms with E-state index in [0.717, 1.165) is 6.07 Å². The van der Waals surface area contributed by atoms with Crippen LogP contribution in [0.4, 0.5) is 13.2 Å². The normalized spacial score (nSPS) is 13.5. The van der Waals surface area contributed by atoms with Crippen molar-refractivity contribution in [2.75, 3.05) is 5.75 Å². The predicted molar refractivity (Wildman–Crippen MR) is 63.1 cm³/mol. The van der Waals surface area contributed by atoms with Gasteiger partial charge in [0.1, 0.15) is 5.75 Å². The average Bonchev–Trinajstić information content (AvgIpc) is 2.13. The van der Waals surface area contributed by atoms with Crippen LogP contribution in [-0.2, 0) is 10.8 Å². The van der Waals surface area contributed by atoms with Crippen molar-refractivity contribution in [3.8, 4) is 0 Å². The number of hydrogen-bond acceptors (Lipinski definition) is 3. The molecule has 0 amide bonds. The van der Waals surface area contributed by atoms with E-state index in [1.807, 2.05) is 0 Å². The Kier molecular flexibility index (Phi) is 4.58. The number of halogens is 3. The van der Waals surface area contributed by atoms with Crippen molar-refractivity contribution in [3.63, 3.8) is 0 Å². The predicted octanol–water partition coefficient (Wildman–Crippen LogP) is 0.653. The molecule has 1 aromatic carbocycles. The summed E-state index contributed by atoms with van der Waals surface area (Å²) in [6, 6.07) is 2.63. The van der Waals surface area contributed by atoms with Gasteiger partial charge in [-0.1, -0.05) is 11.6 Å². The van der Waals surface area contributed by atoms with Gasteiger partial charge in [0.25, 0.3) is 0 Å². The average molecular weight is 280 g/mol. The van der Waals surface area contributed by atoms with Gasteiger partial charge in [0, 0.05) is 4.90 Å². The number of alkyl halides is 3. The molecule has 0 aliphatic heterocycles. The van der Waals surface area contributed by atoms with Crippen molar-refractivity contribution in [2.45, 2.75) is 24.9 Å². The molecule has 2 N–H and O–H groups in total. The van der Waals surface area contributed by atoms with Crippen LogP contribution in [0, 0.1) is 13.8 Å². The van der Waals surface area contributed by atoms with Gasteiger partial charge in [-0.05, 0) is 30.9 Å². The third-order valence-electron chi connectivity index (χ3n) is 2.38. The summed E-state index contributed by atoms with van der Waals surface area (Å²) in [6.07, 6.45) is -4.53. The molecule has 0 bridgehead atoms. The van der Waals surface area contributed by atoms with Crippen molar-refractivity contribution in [1.82, 2.24) is 0 Å². The smallest absolute Gasteiger partial charge is 0.423 e. The number of hydrogen-bond donors (Lipinski definition) is 2. The molecule has 18 heavy (non-hydrogen) atoms. The SMILES string of the molecule is Cc1cc(C)c([S@](=O)CC(F)(F)F)cc1B(O)O. The molecule has 3 nitrogen and oxygen atoms in total. The van der Waals surface area contributed by atoms with Gasteiger partial charge < -0.3 is 10.0 Å². The summed E-state index contributed by atoms with van der Waals surface area (Å²) in [5.74, 6) is -1.45. The van der Waals surface area contributed by atoms with E-state index in [4.69, 9.17) is 10.0 Å². The van der Waals surface area contributed by atoms with E-state index in [-0.39, 0.29) is 10.4 Å². The highest BCUT2D eigenvalue weighted by molar-refractivity contribution is 7.85. The minimum Gasteiger partial charge on any atom is -0.423 e. The second kappa shape index (κ2) is 5.42. The molecule has 0 fully saturated rings. The largest absolute Gasteiger partial charge is 0.488 e. The van der Waals surface area contributed by atoms with E-state index in [1.54, 1.807) is 6.92 Å². The van der Waals surface area contributed by atoms with Crippen LogP contribution in [0.3, 0.4) is 0 Å². The van der Waals surface area contributed by atoms with Crippen molar-refractivity contribution in [1.29, 1.82) is 0 Å². The minimum atomic E-state index is -4.53. The van der Waals surface area contributed by atoms with Crippen LogP contribution in [0.2, 0.25) is 0 Å². The molecule has 1 atom stereocenters. The van der Waals surface area contributed by atoms with Crippen molar-refractivity contribution >= 4 is 23.4 Å². The molecule has 0 spiro atoms. The molecule has 100 valence electrons. The van der Waals surface area contributed by atoms with Crippen LogP contribution in [0.15, 0.2) is 17.0 Å². The van der Waals surface area contributed by atoms with Crippen LogP contribution in [0.1, 0.15) is 11.1 Å². The van der Waals surface area contributed by atoms with Gasteiger partial charge in [-0.15, -0.1) is 0 Å². The summed E-state index contributed by atoms with van der Waals surface area (Å²) in [6.45, 7) is 3.13. The zero-order valence-corrected chi connectivity index (χ0v) is 10.6. The Morgan fingerprint density at radius 1 is 1.22 bits per heavy atom. The van der Waals surface area contributed by atoms with E-state index in [0.29, 0.717) is 11.1 Å². The Bertz CT molecular complexity index is 474. The first-order valence-electron chi connectivity index (χ1n) is 5.04. The maximum Gasteiger partial charge on any atom is 0.488 e. The number of rotatable bonds is 3. The fourth-order valence-corrected chi connectivity index (χ4v) is 2.73. The molecule has 0 unspecified atom stereocenters. The molecular formula is C10H12BF3O3S. The molecule has 1 rings (SSSR count). The second-order valence-corrected chi connectivity index (χ2v) is 5.37. The molecule has 0 aliphatic carbocycles. The van der Waals surface area contributed by atoms with Crippen molar-refractivity contribution in [3.05, 3.63) is 23.3 Å². The van der Waals surface area contributed by atoms with E-state index in [2.05, 4.69) is 0 Å². The third-order valence-corrected chi connectivity index (χ3v) is 3.90. The van der Waals surface area contributed by atoms with Crippen LogP contribution >= 0.6 is 0 Å². The molecular weight excluding hydrogens is 268 g/mol. The highest BCUT2D eigenvalue weighted by Gasteiger charge is 2.32. The third kappa shape index (κ3) is 3.83. The van der Waals surface area contributed by atoms with E-state index < -0.39 is 29.8 Å². The van der Waals surface area contributed by atoms with E-state index in [1.165, 1.54) is 13.0 Å². The minimum absolute atomic E-state index is 0.0268. The fraction of sp³-hybridized carbons (Fsp3) is 0.400. The second-order valence-electron chi connectivity index (χ2n) is 3.95. The van der Waals surface area contributed by atoms with Gasteiger partial charge in [0.15, 0.2) is 0 Å². The van der Waals surface area contributed by atoms with Gasteiger partial charge >= 0.3 is 13.3 Å². The number of benzene rings is 1. The summed E-state index contributed by atoms with van der Waals surface area (Å²) >= 11 is 0. The molecule has 0 aliphatic rings. The Labute approximate surface area is 105 Å². The van der Waals surface area contributed by atoms with Gasteiger partial charge in [0.05, 0.1) is 10.8 Å². The lowest BCUT2D eigenvalue weighted by Gasteiger charge is -2.12. The fourth-order valence-electron chi connectivity index (χ4n) is 1.60. The molecule has 0 heterocycles. The molecule has 0 saturated carbocycles. The summed E-state index contributed by atoms with van der Waals surface area (Å²) in [5.41, 5.74) is 1.01. The zero-order chi connectivity index (χ0) is 14.1. The lowest BCUT2D eigenvalue weighted by Crippen LogP contribution is -2.33. The van der Waals surface area contributed by atoms with E-state index >= 15 is 0 Å². The highest BCUT2D eigenvalue weighted by atomic mass is 32.2. The molecule has 1 aromatic rings. The molecule has 0 radical (unpaired) electrons. The maximum atomic E-state index is 12.2. The number of aryl methyl sites for hydroxylation is 2. The van der Waals surface area contributed by atoms with Gasteiger partial charge in [-0.25, -0.2) is 0 Å². The van der Waals surface area contributed by atoms with Gasteiger partial charge in [-0.2, -0.15) is 13.2 Å². The van der Waals surface area contributed by atoms with Crippen molar-refractivity contribution in [2.24, 2.45) is 0 Å². The summed E-state index contributed by atoms with van der Waals surface area (Å²) in [5, 5.41) is 18.1. The lowest BCUT2D eigenvalue weighted by molar-refractivity contribution is -0.105. The van der Waals surface area contributed by atoms with Crippen LogP contribution < -0.4 is 5.46 Å². The Morgan fingerprint density at radius 3 is 2.22 bits per heavy atom. The molecule has 0 aromatic heterocycles. The Balaban J connectivity index is 3.17. The Morgan fingerprint density at radius 2 is 1.78 bits per heavy atom. The Hall–Kier alpha value is -0.855. The summed E-state index contributed by atoms with van der Waals surface area (Å²) < 4.78 is 48.1. The van der Waals surface area contributed by atoms with Crippen LogP contribution in [0.25, 0.3) is 0 Å². The molecule has 8 heteroatoms. The maximum absolute atomic E-state index is 12.2. The summed E-state index contributed by atoms with van der Waals surface area (Å²) in [4.78, 5) is -0.0268. The quantitative estimate of drug-likeness (QED) is 0.799. The molecule has 0 saturated heterocycles. The van der Waals surface area contributed by atoms with Gasteiger partial charge in [-0.3, -0.25) is 4.21 Å². The van der Waals surface area contributed by atoms with Gasteiger partial charge in [0.2, 0.25) is 0 Å². The summed E-state index contributed by atoms with van der Waals surface area (Å²) in [7, 11) is -4.05. The van der Waals surface area contributed by atoms with Crippen molar-refractivity contribution < 1.29 is 27.4 Å². The van der Waals surface area contributed by atoms with Crippen LogP contribution in [0.5, 0.6) is 0 Å². The first kappa shape index (κ1) is 15.2. The first-order valence-corrected chi connectivity index (χ1v) is 6.36. The highest BCUT2D eigenvalue weighted by Crippen LogP contribution is 2.21. The van der Waals surface area contributed by atoms with E-state index in [9.17, 15) is 17.4 Å². The first-order chi connectivity index (χ1) is 8.11. The topological polar surface area (TPSA) is 57.5 Å². The monoisotopic (exact) mass is 280 g/mol.